The van der Waals surface area contributed by atoms with Crippen LogP contribution in [-0.2, 0) is 6.61 Å². The van der Waals surface area contributed by atoms with E-state index in [0.29, 0.717) is 23.8 Å². The van der Waals surface area contributed by atoms with Crippen LogP contribution in [0, 0.1) is 6.92 Å². The van der Waals surface area contributed by atoms with Gasteiger partial charge in [-0.3, -0.25) is 5.43 Å². The van der Waals surface area contributed by atoms with Crippen molar-refractivity contribution >= 4 is 17.9 Å². The van der Waals surface area contributed by atoms with E-state index in [1.165, 1.54) is 11.6 Å². The Morgan fingerprint density at radius 2 is 1.83 bits per heavy atom. The van der Waals surface area contributed by atoms with Crippen molar-refractivity contribution in [2.45, 2.75) is 13.5 Å². The van der Waals surface area contributed by atoms with E-state index in [2.05, 4.69) is 10.5 Å². The summed E-state index contributed by atoms with van der Waals surface area (Å²) < 4.78 is 11.4. The molecule has 0 aromatic heterocycles. The first-order valence-corrected chi connectivity index (χ1v) is 9.05. The lowest BCUT2D eigenvalue weighted by Crippen LogP contribution is -2.02. The maximum absolute atomic E-state index is 11.2. The molecule has 0 amide bonds. The normalized spacial score (nSPS) is 10.7. The van der Waals surface area contributed by atoms with E-state index in [1.54, 1.807) is 31.5 Å². The number of carbonyl (C=O) groups is 1. The van der Waals surface area contributed by atoms with Gasteiger partial charge in [-0.15, -0.1) is 0 Å². The van der Waals surface area contributed by atoms with Gasteiger partial charge in [0, 0.05) is 0 Å². The summed E-state index contributed by atoms with van der Waals surface area (Å²) in [5, 5.41) is 13.3. The molecule has 0 unspecified atom stereocenters. The second-order valence-electron chi connectivity index (χ2n) is 6.35. The van der Waals surface area contributed by atoms with Gasteiger partial charge >= 0.3 is 5.97 Å². The molecular formula is C23H22N2O4. The maximum Gasteiger partial charge on any atom is 0.337 e. The zero-order valence-electron chi connectivity index (χ0n) is 16.3. The Kier molecular flexibility index (Phi) is 6.47. The minimum absolute atomic E-state index is 0.155. The highest BCUT2D eigenvalue weighted by Crippen LogP contribution is 2.28. The zero-order valence-corrected chi connectivity index (χ0v) is 16.3. The Hall–Kier alpha value is -3.80. The van der Waals surface area contributed by atoms with Crippen LogP contribution in [0.3, 0.4) is 0 Å². The number of rotatable bonds is 8. The molecule has 0 bridgehead atoms. The number of nitrogens with one attached hydrogen (secondary N) is 1. The third-order valence-corrected chi connectivity index (χ3v) is 4.39. The highest BCUT2D eigenvalue weighted by Gasteiger charge is 2.08. The van der Waals surface area contributed by atoms with E-state index < -0.39 is 5.97 Å². The predicted octanol–water partition coefficient (Wildman–Crippen LogP) is 4.73. The second kappa shape index (κ2) is 9.41. The number of ether oxygens (including phenoxy) is 2. The number of anilines is 1. The minimum atomic E-state index is -1.01. The van der Waals surface area contributed by atoms with Crippen LogP contribution in [0.2, 0.25) is 0 Å². The van der Waals surface area contributed by atoms with Gasteiger partial charge < -0.3 is 14.6 Å². The first-order valence-electron chi connectivity index (χ1n) is 9.05. The van der Waals surface area contributed by atoms with Crippen LogP contribution >= 0.6 is 0 Å². The third-order valence-electron chi connectivity index (χ3n) is 4.39. The van der Waals surface area contributed by atoms with Gasteiger partial charge in [-0.1, -0.05) is 36.4 Å². The fraction of sp³-hybridized carbons (Fsp3) is 0.130. The van der Waals surface area contributed by atoms with Gasteiger partial charge in [-0.05, 0) is 53.9 Å². The fourth-order valence-corrected chi connectivity index (χ4v) is 2.75. The monoisotopic (exact) mass is 390 g/mol. The SMILES string of the molecule is COc1cc(/C=N/Nc2ccccc2C(=O)O)ccc1OCc1ccccc1C. The summed E-state index contributed by atoms with van der Waals surface area (Å²) in [7, 11) is 1.58. The average Bonchev–Trinajstić information content (AvgIpc) is 2.74. The summed E-state index contributed by atoms with van der Waals surface area (Å²) in [6.07, 6.45) is 1.59. The molecule has 29 heavy (non-hydrogen) atoms. The molecule has 0 atom stereocenters. The molecule has 0 radical (unpaired) electrons. The Morgan fingerprint density at radius 3 is 2.59 bits per heavy atom. The number of aromatic carboxylic acids is 1. The van der Waals surface area contributed by atoms with Crippen molar-refractivity contribution in [1.29, 1.82) is 0 Å². The van der Waals surface area contributed by atoms with Crippen LogP contribution in [0.4, 0.5) is 5.69 Å². The first kappa shape index (κ1) is 19.9. The van der Waals surface area contributed by atoms with E-state index >= 15 is 0 Å². The highest BCUT2D eigenvalue weighted by molar-refractivity contribution is 5.94. The van der Waals surface area contributed by atoms with Crippen LogP contribution in [0.1, 0.15) is 27.0 Å². The summed E-state index contributed by atoms with van der Waals surface area (Å²) in [6.45, 7) is 2.50. The second-order valence-corrected chi connectivity index (χ2v) is 6.35. The van der Waals surface area contributed by atoms with Crippen molar-refractivity contribution in [3.63, 3.8) is 0 Å². The van der Waals surface area contributed by atoms with Gasteiger partial charge in [0.2, 0.25) is 0 Å². The first-order chi connectivity index (χ1) is 14.1. The number of methoxy groups -OCH3 is 1. The Labute approximate surface area is 169 Å². The van der Waals surface area contributed by atoms with E-state index in [0.717, 1.165) is 11.1 Å². The quantitative estimate of drug-likeness (QED) is 0.429. The number of hydrazone groups is 1. The highest BCUT2D eigenvalue weighted by atomic mass is 16.5. The van der Waals surface area contributed by atoms with E-state index in [4.69, 9.17) is 9.47 Å². The molecule has 0 aliphatic carbocycles. The summed E-state index contributed by atoms with van der Waals surface area (Å²) in [5.74, 6) is 0.214. The lowest BCUT2D eigenvalue weighted by Gasteiger charge is -2.12. The molecular weight excluding hydrogens is 368 g/mol. The zero-order chi connectivity index (χ0) is 20.6. The topological polar surface area (TPSA) is 80.2 Å². The predicted molar refractivity (Wildman–Crippen MR) is 113 cm³/mol. The molecule has 0 aliphatic heterocycles. The van der Waals surface area contributed by atoms with Gasteiger partial charge in [-0.2, -0.15) is 5.10 Å². The van der Waals surface area contributed by atoms with Crippen LogP contribution < -0.4 is 14.9 Å². The smallest absolute Gasteiger partial charge is 0.337 e. The number of hydrogen-bond acceptors (Lipinski definition) is 5. The lowest BCUT2D eigenvalue weighted by atomic mass is 10.1. The third kappa shape index (κ3) is 5.13. The van der Waals surface area contributed by atoms with Crippen LogP contribution in [0.15, 0.2) is 71.8 Å². The molecule has 0 fully saturated rings. The van der Waals surface area contributed by atoms with Gasteiger partial charge in [0.1, 0.15) is 6.61 Å². The maximum atomic E-state index is 11.2. The molecule has 0 aliphatic rings. The number of carboxylic acids is 1. The lowest BCUT2D eigenvalue weighted by molar-refractivity contribution is 0.0698. The van der Waals surface area contributed by atoms with Gasteiger partial charge in [0.25, 0.3) is 0 Å². The van der Waals surface area contributed by atoms with Gasteiger partial charge in [0.15, 0.2) is 11.5 Å². The molecule has 0 saturated heterocycles. The van der Waals surface area contributed by atoms with Crippen LogP contribution in [0.25, 0.3) is 0 Å². The molecule has 0 saturated carbocycles. The minimum Gasteiger partial charge on any atom is -0.493 e. The number of carboxylic acid groups (broad SMARTS) is 1. The number of para-hydroxylation sites is 1. The number of hydrogen-bond donors (Lipinski definition) is 2. The number of aryl methyl sites for hydroxylation is 1. The van der Waals surface area contributed by atoms with Crippen molar-refractivity contribution < 1.29 is 19.4 Å². The standard InChI is InChI=1S/C23H22N2O4/c1-16-7-3-4-8-18(16)15-29-21-12-11-17(13-22(21)28-2)14-24-25-20-10-6-5-9-19(20)23(26)27/h3-14,25H,15H2,1-2H3,(H,26,27)/b24-14+. The molecule has 2 N–H and O–H groups in total. The molecule has 3 aromatic rings. The van der Waals surface area contributed by atoms with Crippen LogP contribution in [0.5, 0.6) is 11.5 Å². The molecule has 3 aromatic carbocycles. The number of benzene rings is 3. The van der Waals surface area contributed by atoms with Crippen molar-refractivity contribution in [3.8, 4) is 11.5 Å². The summed E-state index contributed by atoms with van der Waals surface area (Å²) in [6, 6.07) is 20.1. The Balaban J connectivity index is 1.69. The molecule has 6 nitrogen and oxygen atoms in total. The molecule has 3 rings (SSSR count). The van der Waals surface area contributed by atoms with Crippen molar-refractivity contribution in [1.82, 2.24) is 0 Å². The molecule has 0 heterocycles. The number of nitrogens with zero attached hydrogens (tertiary/aromatic N) is 1. The Bertz CT molecular complexity index is 1030. The van der Waals surface area contributed by atoms with Crippen LogP contribution in [-0.4, -0.2) is 24.4 Å². The van der Waals surface area contributed by atoms with E-state index in [-0.39, 0.29) is 5.56 Å². The summed E-state index contributed by atoms with van der Waals surface area (Å²) >= 11 is 0. The largest absolute Gasteiger partial charge is 0.493 e. The van der Waals surface area contributed by atoms with Gasteiger partial charge in [-0.25, -0.2) is 4.79 Å². The van der Waals surface area contributed by atoms with Crippen molar-refractivity contribution in [2.75, 3.05) is 12.5 Å². The average molecular weight is 390 g/mol. The molecule has 148 valence electrons. The van der Waals surface area contributed by atoms with Crippen molar-refractivity contribution in [2.24, 2.45) is 5.10 Å². The van der Waals surface area contributed by atoms with Crippen molar-refractivity contribution in [3.05, 3.63) is 89.0 Å². The van der Waals surface area contributed by atoms with E-state index in [9.17, 15) is 9.90 Å². The summed E-state index contributed by atoms with van der Waals surface area (Å²) in [4.78, 5) is 11.2. The Morgan fingerprint density at radius 1 is 1.07 bits per heavy atom. The molecule has 0 spiro atoms. The summed E-state index contributed by atoms with van der Waals surface area (Å²) in [5.41, 5.74) is 6.40. The fourth-order valence-electron chi connectivity index (χ4n) is 2.75. The molecule has 6 heteroatoms. The van der Waals surface area contributed by atoms with E-state index in [1.807, 2.05) is 49.4 Å². The van der Waals surface area contributed by atoms with Gasteiger partial charge in [0.05, 0.1) is 24.6 Å².